The number of sulfonamides is 1. The van der Waals surface area contributed by atoms with Crippen molar-refractivity contribution in [1.29, 1.82) is 0 Å². The number of carbonyl (C=O) groups excluding carboxylic acids is 2. The van der Waals surface area contributed by atoms with Gasteiger partial charge in [0.15, 0.2) is 0 Å². The number of hydrogen-bond donors (Lipinski definition) is 1. The standard InChI is InChI=1S/C31H39N3O4S/c1-7-17-32-31(36)26(6)33(20-27-10-8-9-23(3)18-27)30(35)21-34(28-14-13-24(4)25(5)19-28)39(37,38)29-15-11-22(2)12-16-29/h8-16,18-19,26H,7,17,20-21H2,1-6H3,(H,32,36)/t26-/m1/s1. The normalized spacial score (nSPS) is 12.1. The van der Waals surface area contributed by atoms with Gasteiger partial charge in [-0.15, -0.1) is 0 Å². The third kappa shape index (κ3) is 7.47. The van der Waals surface area contributed by atoms with Gasteiger partial charge in [0.1, 0.15) is 12.6 Å². The minimum Gasteiger partial charge on any atom is -0.354 e. The van der Waals surface area contributed by atoms with Crippen molar-refractivity contribution in [2.24, 2.45) is 0 Å². The lowest BCUT2D eigenvalue weighted by atomic mass is 10.1. The van der Waals surface area contributed by atoms with Crippen LogP contribution < -0.4 is 9.62 Å². The van der Waals surface area contributed by atoms with Gasteiger partial charge in [-0.25, -0.2) is 8.42 Å². The number of amides is 2. The molecule has 0 saturated heterocycles. The summed E-state index contributed by atoms with van der Waals surface area (Å²) < 4.78 is 29.0. The number of aryl methyl sites for hydroxylation is 4. The first-order valence-corrected chi connectivity index (χ1v) is 14.7. The number of anilines is 1. The molecule has 0 heterocycles. The van der Waals surface area contributed by atoms with Crippen LogP contribution in [0.4, 0.5) is 5.69 Å². The van der Waals surface area contributed by atoms with Crippen molar-refractivity contribution in [1.82, 2.24) is 10.2 Å². The second-order valence-electron chi connectivity index (χ2n) is 10.1. The Balaban J connectivity index is 2.04. The predicted molar refractivity (Wildman–Crippen MR) is 156 cm³/mol. The maximum absolute atomic E-state index is 14.0. The van der Waals surface area contributed by atoms with E-state index in [1.807, 2.05) is 65.0 Å². The SMILES string of the molecule is CCCNC(=O)[C@@H](C)N(Cc1cccc(C)c1)C(=O)CN(c1ccc(C)c(C)c1)S(=O)(=O)c1ccc(C)cc1. The summed E-state index contributed by atoms with van der Waals surface area (Å²) in [6.07, 6.45) is 0.764. The third-order valence-corrected chi connectivity index (χ3v) is 8.61. The van der Waals surface area contributed by atoms with Crippen molar-refractivity contribution in [3.05, 3.63) is 94.5 Å². The molecule has 39 heavy (non-hydrogen) atoms. The maximum atomic E-state index is 14.0. The minimum atomic E-state index is -4.08. The number of carbonyl (C=O) groups is 2. The van der Waals surface area contributed by atoms with Crippen LogP contribution in [0, 0.1) is 27.7 Å². The average Bonchev–Trinajstić information content (AvgIpc) is 2.90. The maximum Gasteiger partial charge on any atom is 0.264 e. The van der Waals surface area contributed by atoms with Crippen molar-refractivity contribution in [3.63, 3.8) is 0 Å². The molecule has 0 radical (unpaired) electrons. The summed E-state index contributed by atoms with van der Waals surface area (Å²) >= 11 is 0. The molecular weight excluding hydrogens is 510 g/mol. The van der Waals surface area contributed by atoms with E-state index in [1.54, 1.807) is 43.3 Å². The van der Waals surface area contributed by atoms with Gasteiger partial charge >= 0.3 is 0 Å². The van der Waals surface area contributed by atoms with Crippen LogP contribution >= 0.6 is 0 Å². The second-order valence-corrected chi connectivity index (χ2v) is 11.9. The number of benzene rings is 3. The van der Waals surface area contributed by atoms with Crippen LogP contribution in [0.5, 0.6) is 0 Å². The van der Waals surface area contributed by atoms with Gasteiger partial charge in [0, 0.05) is 13.1 Å². The number of nitrogens with one attached hydrogen (secondary N) is 1. The Labute approximate surface area is 232 Å². The molecule has 7 nitrogen and oxygen atoms in total. The first-order chi connectivity index (χ1) is 18.4. The Kier molecular flexibility index (Phi) is 9.92. The van der Waals surface area contributed by atoms with Crippen molar-refractivity contribution in [2.75, 3.05) is 17.4 Å². The molecule has 0 aromatic heterocycles. The largest absolute Gasteiger partial charge is 0.354 e. The molecule has 0 fully saturated rings. The van der Waals surface area contributed by atoms with Gasteiger partial charge in [-0.2, -0.15) is 0 Å². The Bertz CT molecular complexity index is 1420. The van der Waals surface area contributed by atoms with E-state index in [0.717, 1.165) is 38.5 Å². The lowest BCUT2D eigenvalue weighted by molar-refractivity contribution is -0.139. The zero-order valence-electron chi connectivity index (χ0n) is 23.7. The van der Waals surface area contributed by atoms with Crippen LogP contribution in [-0.4, -0.2) is 44.3 Å². The molecule has 3 rings (SSSR count). The molecular formula is C31H39N3O4S. The summed E-state index contributed by atoms with van der Waals surface area (Å²) in [6.45, 7) is 11.5. The van der Waals surface area contributed by atoms with E-state index in [4.69, 9.17) is 0 Å². The molecule has 0 unspecified atom stereocenters. The Morgan fingerprint density at radius 2 is 1.56 bits per heavy atom. The zero-order chi connectivity index (χ0) is 28.7. The highest BCUT2D eigenvalue weighted by Crippen LogP contribution is 2.27. The fraction of sp³-hybridized carbons (Fsp3) is 0.355. The van der Waals surface area contributed by atoms with Gasteiger partial charge in [-0.05, 0) is 82.0 Å². The van der Waals surface area contributed by atoms with Gasteiger partial charge in [-0.1, -0.05) is 60.5 Å². The van der Waals surface area contributed by atoms with Crippen LogP contribution in [0.25, 0.3) is 0 Å². The Morgan fingerprint density at radius 3 is 2.18 bits per heavy atom. The van der Waals surface area contributed by atoms with E-state index in [-0.39, 0.29) is 17.3 Å². The summed E-state index contributed by atoms with van der Waals surface area (Å²) in [5.41, 5.74) is 5.14. The number of nitrogens with zero attached hydrogens (tertiary/aromatic N) is 2. The number of hydrogen-bond acceptors (Lipinski definition) is 4. The lowest BCUT2D eigenvalue weighted by Crippen LogP contribution is -2.51. The monoisotopic (exact) mass is 549 g/mol. The van der Waals surface area contributed by atoms with E-state index < -0.39 is 28.5 Å². The third-order valence-electron chi connectivity index (χ3n) is 6.82. The molecule has 3 aromatic carbocycles. The topological polar surface area (TPSA) is 86.8 Å². The highest BCUT2D eigenvalue weighted by Gasteiger charge is 2.32. The van der Waals surface area contributed by atoms with Gasteiger partial charge in [0.2, 0.25) is 11.8 Å². The molecule has 0 aliphatic rings. The van der Waals surface area contributed by atoms with Crippen LogP contribution in [0.2, 0.25) is 0 Å². The van der Waals surface area contributed by atoms with Gasteiger partial charge in [-0.3, -0.25) is 13.9 Å². The van der Waals surface area contributed by atoms with Crippen LogP contribution in [-0.2, 0) is 26.2 Å². The van der Waals surface area contributed by atoms with Crippen LogP contribution in [0.15, 0.2) is 71.6 Å². The lowest BCUT2D eigenvalue weighted by Gasteiger charge is -2.32. The molecule has 0 aliphatic carbocycles. The fourth-order valence-electron chi connectivity index (χ4n) is 4.23. The Hall–Kier alpha value is -3.65. The summed E-state index contributed by atoms with van der Waals surface area (Å²) in [5, 5.41) is 2.86. The van der Waals surface area contributed by atoms with Crippen molar-refractivity contribution < 1.29 is 18.0 Å². The van der Waals surface area contributed by atoms with Gasteiger partial charge < -0.3 is 10.2 Å². The highest BCUT2D eigenvalue weighted by molar-refractivity contribution is 7.92. The molecule has 1 atom stereocenters. The molecule has 0 bridgehead atoms. The molecule has 8 heteroatoms. The molecule has 208 valence electrons. The summed E-state index contributed by atoms with van der Waals surface area (Å²) in [7, 11) is -4.08. The van der Waals surface area contributed by atoms with Crippen LogP contribution in [0.3, 0.4) is 0 Å². The second kappa shape index (κ2) is 12.9. The van der Waals surface area contributed by atoms with E-state index in [9.17, 15) is 18.0 Å². The minimum absolute atomic E-state index is 0.0955. The molecule has 1 N–H and O–H groups in total. The fourth-order valence-corrected chi connectivity index (χ4v) is 5.64. The van der Waals surface area contributed by atoms with Crippen molar-refractivity contribution >= 4 is 27.5 Å². The average molecular weight is 550 g/mol. The summed E-state index contributed by atoms with van der Waals surface area (Å²) in [6, 6.07) is 18.8. The Morgan fingerprint density at radius 1 is 0.872 bits per heavy atom. The predicted octanol–water partition coefficient (Wildman–Crippen LogP) is 5.06. The van der Waals surface area contributed by atoms with E-state index in [1.165, 1.54) is 4.90 Å². The van der Waals surface area contributed by atoms with Gasteiger partial charge in [0.05, 0.1) is 10.6 Å². The molecule has 2 amide bonds. The molecule has 3 aromatic rings. The van der Waals surface area contributed by atoms with Crippen LogP contribution in [0.1, 0.15) is 48.1 Å². The van der Waals surface area contributed by atoms with E-state index >= 15 is 0 Å². The first kappa shape index (κ1) is 29.9. The first-order valence-electron chi connectivity index (χ1n) is 13.2. The quantitative estimate of drug-likeness (QED) is 0.362. The van der Waals surface area contributed by atoms with E-state index in [0.29, 0.717) is 12.2 Å². The van der Waals surface area contributed by atoms with Gasteiger partial charge in [0.25, 0.3) is 10.0 Å². The molecule has 0 spiro atoms. The highest BCUT2D eigenvalue weighted by atomic mass is 32.2. The summed E-state index contributed by atoms with van der Waals surface area (Å²) in [4.78, 5) is 28.5. The van der Waals surface area contributed by atoms with E-state index in [2.05, 4.69) is 5.32 Å². The van der Waals surface area contributed by atoms with Crippen molar-refractivity contribution in [2.45, 2.75) is 65.4 Å². The smallest absolute Gasteiger partial charge is 0.264 e. The molecule has 0 aliphatic heterocycles. The number of rotatable bonds is 11. The van der Waals surface area contributed by atoms with Crippen molar-refractivity contribution in [3.8, 4) is 0 Å². The summed E-state index contributed by atoms with van der Waals surface area (Å²) in [5.74, 6) is -0.749. The zero-order valence-corrected chi connectivity index (χ0v) is 24.5. The molecule has 0 saturated carbocycles.